The van der Waals surface area contributed by atoms with Gasteiger partial charge in [0.05, 0.1) is 12.9 Å². The van der Waals surface area contributed by atoms with E-state index in [2.05, 4.69) is 15.5 Å². The number of nitrogens with zero attached hydrogens (tertiary/aromatic N) is 2. The summed E-state index contributed by atoms with van der Waals surface area (Å²) in [5.74, 6) is 1.13. The number of ether oxygens (including phenoxy) is 2. The van der Waals surface area contributed by atoms with Crippen molar-refractivity contribution in [2.45, 2.75) is 11.8 Å². The summed E-state index contributed by atoms with van der Waals surface area (Å²) in [4.78, 5) is 11.9. The van der Waals surface area contributed by atoms with Crippen LogP contribution in [0.3, 0.4) is 0 Å². The van der Waals surface area contributed by atoms with E-state index >= 15 is 0 Å². The molecular weight excluding hydrogens is 373 g/mol. The molecule has 0 aliphatic heterocycles. The molecule has 0 bridgehead atoms. The molecule has 3 aromatic rings. The number of carbonyl (C=O) groups excluding carboxylic acids is 1. The Morgan fingerprint density at radius 1 is 1.11 bits per heavy atom. The first kappa shape index (κ1) is 18.7. The number of benzene rings is 2. The number of rotatable bonds is 8. The zero-order chi connectivity index (χ0) is 19.1. The fraction of sp³-hybridized carbons (Fsp3) is 0.167. The van der Waals surface area contributed by atoms with Crippen LogP contribution in [0.4, 0.5) is 10.1 Å². The van der Waals surface area contributed by atoms with Gasteiger partial charge < -0.3 is 19.2 Å². The minimum absolute atomic E-state index is 0.0817. The summed E-state index contributed by atoms with van der Waals surface area (Å²) < 4.78 is 28.9. The van der Waals surface area contributed by atoms with Crippen molar-refractivity contribution in [3.63, 3.8) is 0 Å². The van der Waals surface area contributed by atoms with Crippen molar-refractivity contribution >= 4 is 23.4 Å². The van der Waals surface area contributed by atoms with Crippen molar-refractivity contribution in [1.29, 1.82) is 0 Å². The molecule has 0 saturated carbocycles. The van der Waals surface area contributed by atoms with Gasteiger partial charge in [0.25, 0.3) is 11.1 Å². The number of thioether (sulfide) groups is 1. The molecule has 0 spiro atoms. The predicted octanol–water partition coefficient (Wildman–Crippen LogP) is 3.53. The first-order valence-electron chi connectivity index (χ1n) is 7.90. The van der Waals surface area contributed by atoms with Gasteiger partial charge in [0.2, 0.25) is 5.91 Å². The molecule has 1 heterocycles. The lowest BCUT2D eigenvalue weighted by Crippen LogP contribution is -2.13. The average molecular weight is 389 g/mol. The molecule has 140 valence electrons. The first-order valence-corrected chi connectivity index (χ1v) is 8.88. The molecule has 3 rings (SSSR count). The van der Waals surface area contributed by atoms with Crippen molar-refractivity contribution in [2.75, 3.05) is 18.2 Å². The normalized spacial score (nSPS) is 10.4. The van der Waals surface area contributed by atoms with E-state index in [4.69, 9.17) is 13.9 Å². The second-order valence-electron chi connectivity index (χ2n) is 5.27. The van der Waals surface area contributed by atoms with Gasteiger partial charge in [0, 0.05) is 5.69 Å². The summed E-state index contributed by atoms with van der Waals surface area (Å²) in [6, 6.07) is 12.6. The Hall–Kier alpha value is -3.07. The van der Waals surface area contributed by atoms with Gasteiger partial charge in [-0.3, -0.25) is 4.79 Å². The van der Waals surface area contributed by atoms with Gasteiger partial charge in [0.15, 0.2) is 6.61 Å². The number of amides is 1. The summed E-state index contributed by atoms with van der Waals surface area (Å²) in [5.41, 5.74) is 0.515. The third-order valence-corrected chi connectivity index (χ3v) is 4.14. The van der Waals surface area contributed by atoms with Crippen molar-refractivity contribution in [1.82, 2.24) is 10.2 Å². The third kappa shape index (κ3) is 5.71. The zero-order valence-corrected chi connectivity index (χ0v) is 15.2. The van der Waals surface area contributed by atoms with Crippen LogP contribution in [0.2, 0.25) is 0 Å². The number of halogens is 1. The molecule has 7 nitrogen and oxygen atoms in total. The maximum absolute atomic E-state index is 12.8. The number of hydrogen-bond acceptors (Lipinski definition) is 7. The molecule has 0 aliphatic rings. The second-order valence-corrected chi connectivity index (χ2v) is 6.20. The Balaban J connectivity index is 1.44. The highest BCUT2D eigenvalue weighted by Crippen LogP contribution is 2.20. The molecule has 2 aromatic carbocycles. The van der Waals surface area contributed by atoms with Crippen molar-refractivity contribution in [3.8, 4) is 11.5 Å². The molecule has 0 unspecified atom stereocenters. The van der Waals surface area contributed by atoms with E-state index in [-0.39, 0.29) is 29.3 Å². The van der Waals surface area contributed by atoms with Crippen LogP contribution in [0.1, 0.15) is 5.89 Å². The molecule has 0 radical (unpaired) electrons. The van der Waals surface area contributed by atoms with Crippen LogP contribution in [-0.2, 0) is 11.4 Å². The number of aromatic nitrogens is 2. The number of hydrogen-bond donors (Lipinski definition) is 1. The fourth-order valence-electron chi connectivity index (χ4n) is 2.03. The van der Waals surface area contributed by atoms with E-state index in [1.807, 2.05) is 0 Å². The van der Waals surface area contributed by atoms with Crippen LogP contribution in [0.25, 0.3) is 0 Å². The molecule has 9 heteroatoms. The molecule has 0 atom stereocenters. The topological polar surface area (TPSA) is 86.5 Å². The number of methoxy groups -OCH3 is 1. The Labute approximate surface area is 158 Å². The van der Waals surface area contributed by atoms with E-state index in [9.17, 15) is 9.18 Å². The van der Waals surface area contributed by atoms with Gasteiger partial charge in [-0.15, -0.1) is 10.2 Å². The average Bonchev–Trinajstić information content (AvgIpc) is 3.15. The lowest BCUT2D eigenvalue weighted by Gasteiger charge is -2.04. The van der Waals surface area contributed by atoms with Gasteiger partial charge in [-0.05, 0) is 48.5 Å². The smallest absolute Gasteiger partial charge is 0.277 e. The highest BCUT2D eigenvalue weighted by atomic mass is 32.2. The Kier molecular flexibility index (Phi) is 6.26. The lowest BCUT2D eigenvalue weighted by molar-refractivity contribution is -0.113. The monoisotopic (exact) mass is 389 g/mol. The molecule has 27 heavy (non-hydrogen) atoms. The molecule has 1 amide bonds. The first-order chi connectivity index (χ1) is 13.1. The predicted molar refractivity (Wildman–Crippen MR) is 97.4 cm³/mol. The molecular formula is C18H16FN3O4S. The summed E-state index contributed by atoms with van der Waals surface area (Å²) in [7, 11) is 1.59. The Bertz CT molecular complexity index is 884. The second kappa shape index (κ2) is 9.04. The van der Waals surface area contributed by atoms with E-state index in [1.54, 1.807) is 31.4 Å². The maximum Gasteiger partial charge on any atom is 0.277 e. The minimum atomic E-state index is -0.363. The van der Waals surface area contributed by atoms with Crippen molar-refractivity contribution < 1.29 is 23.1 Å². The zero-order valence-electron chi connectivity index (χ0n) is 14.3. The Morgan fingerprint density at radius 3 is 2.52 bits per heavy atom. The fourth-order valence-corrected chi connectivity index (χ4v) is 2.61. The standard InChI is InChI=1S/C18H16FN3O4S/c1-24-14-6-8-15(9-7-14)25-10-17-21-22-18(26-17)27-11-16(23)20-13-4-2-12(19)3-5-13/h2-9H,10-11H2,1H3,(H,20,23). The van der Waals surface area contributed by atoms with E-state index in [0.717, 1.165) is 17.5 Å². The summed E-state index contributed by atoms with van der Waals surface area (Å²) >= 11 is 1.10. The van der Waals surface area contributed by atoms with Crippen LogP contribution in [0, 0.1) is 5.82 Å². The number of anilines is 1. The highest BCUT2D eigenvalue weighted by molar-refractivity contribution is 7.99. The molecule has 1 N–H and O–H groups in total. The van der Waals surface area contributed by atoms with E-state index in [0.29, 0.717) is 17.3 Å². The SMILES string of the molecule is COc1ccc(OCc2nnc(SCC(=O)Nc3ccc(F)cc3)o2)cc1. The summed E-state index contributed by atoms with van der Waals surface area (Å²) in [6.07, 6.45) is 0. The van der Waals surface area contributed by atoms with Crippen LogP contribution in [0.15, 0.2) is 58.2 Å². The van der Waals surface area contributed by atoms with E-state index < -0.39 is 0 Å². The van der Waals surface area contributed by atoms with Crippen LogP contribution >= 0.6 is 11.8 Å². The van der Waals surface area contributed by atoms with Gasteiger partial charge in [-0.25, -0.2) is 4.39 Å². The van der Waals surface area contributed by atoms with Crippen LogP contribution in [-0.4, -0.2) is 29.0 Å². The lowest BCUT2D eigenvalue weighted by atomic mass is 10.3. The van der Waals surface area contributed by atoms with Crippen molar-refractivity contribution in [3.05, 3.63) is 60.2 Å². The summed E-state index contributed by atoms with van der Waals surface area (Å²) in [5, 5.41) is 10.7. The number of nitrogens with one attached hydrogen (secondary N) is 1. The van der Waals surface area contributed by atoms with Gasteiger partial charge in [-0.1, -0.05) is 11.8 Å². The van der Waals surface area contributed by atoms with Gasteiger partial charge >= 0.3 is 0 Å². The van der Waals surface area contributed by atoms with Gasteiger partial charge in [0.1, 0.15) is 17.3 Å². The van der Waals surface area contributed by atoms with Crippen LogP contribution in [0.5, 0.6) is 11.5 Å². The summed E-state index contributed by atoms with van der Waals surface area (Å²) in [6.45, 7) is 0.113. The Morgan fingerprint density at radius 2 is 1.81 bits per heavy atom. The van der Waals surface area contributed by atoms with Crippen molar-refractivity contribution in [2.24, 2.45) is 0 Å². The largest absolute Gasteiger partial charge is 0.497 e. The van der Waals surface area contributed by atoms with E-state index in [1.165, 1.54) is 24.3 Å². The third-order valence-electron chi connectivity index (χ3n) is 3.32. The molecule has 1 aromatic heterocycles. The highest BCUT2D eigenvalue weighted by Gasteiger charge is 2.11. The van der Waals surface area contributed by atoms with Gasteiger partial charge in [-0.2, -0.15) is 0 Å². The minimum Gasteiger partial charge on any atom is -0.497 e. The molecule has 0 aliphatic carbocycles. The quantitative estimate of drug-likeness (QED) is 0.590. The molecule has 0 fully saturated rings. The number of carbonyl (C=O) groups is 1. The van der Waals surface area contributed by atoms with Crippen LogP contribution < -0.4 is 14.8 Å². The molecule has 0 saturated heterocycles. The maximum atomic E-state index is 12.8.